The smallest absolute Gasteiger partial charge is 0.381 e. The number of anilines is 1. The Morgan fingerprint density at radius 1 is 1.20 bits per heavy atom. The van der Waals surface area contributed by atoms with Crippen molar-refractivity contribution in [2.45, 2.75) is 45.0 Å². The summed E-state index contributed by atoms with van der Waals surface area (Å²) >= 11 is 0. The number of ether oxygens (including phenoxy) is 1. The predicted molar refractivity (Wildman–Crippen MR) is 127 cm³/mol. The van der Waals surface area contributed by atoms with Gasteiger partial charge in [-0.15, -0.1) is 0 Å². The molecule has 1 amide bonds. The van der Waals surface area contributed by atoms with Gasteiger partial charge in [-0.2, -0.15) is 13.2 Å². The molecule has 10 heteroatoms. The van der Waals surface area contributed by atoms with Crippen LogP contribution in [0.2, 0.25) is 0 Å². The van der Waals surface area contributed by atoms with E-state index >= 15 is 0 Å². The van der Waals surface area contributed by atoms with Crippen molar-refractivity contribution in [3.63, 3.8) is 0 Å². The molecule has 35 heavy (non-hydrogen) atoms. The topological polar surface area (TPSA) is 87.3 Å². The number of alkyl halides is 3. The number of hydrogen-bond donors (Lipinski definition) is 2. The summed E-state index contributed by atoms with van der Waals surface area (Å²) in [6.45, 7) is 4.33. The van der Waals surface area contributed by atoms with Gasteiger partial charge in [-0.25, -0.2) is 4.98 Å². The van der Waals surface area contributed by atoms with E-state index in [1.807, 2.05) is 0 Å². The van der Waals surface area contributed by atoms with E-state index in [-0.39, 0.29) is 34.3 Å². The van der Waals surface area contributed by atoms with Crippen LogP contribution in [-0.4, -0.2) is 47.1 Å². The van der Waals surface area contributed by atoms with Crippen molar-refractivity contribution in [1.82, 2.24) is 14.9 Å². The number of hydrogen-bond acceptors (Lipinski definition) is 5. The van der Waals surface area contributed by atoms with E-state index in [2.05, 4.69) is 15.3 Å². The van der Waals surface area contributed by atoms with Crippen molar-refractivity contribution in [2.24, 2.45) is 0 Å². The molecule has 1 aromatic heterocycles. The van der Waals surface area contributed by atoms with Gasteiger partial charge in [0, 0.05) is 37.5 Å². The highest BCUT2D eigenvalue weighted by Gasteiger charge is 2.35. The summed E-state index contributed by atoms with van der Waals surface area (Å²) in [6, 6.07) is 8.02. The number of halogens is 3. The molecule has 7 nitrogen and oxygen atoms in total. The van der Waals surface area contributed by atoms with E-state index in [1.54, 1.807) is 43.2 Å². The normalized spacial score (nSPS) is 15.9. The Morgan fingerprint density at radius 2 is 1.86 bits per heavy atom. The molecule has 2 N–H and O–H groups in total. The first-order chi connectivity index (χ1) is 16.6. The second kappa shape index (κ2) is 9.69. The fraction of sp³-hybridized carbons (Fsp3) is 0.400. The predicted octanol–water partition coefficient (Wildman–Crippen LogP) is 4.67. The Morgan fingerprint density at radius 3 is 2.46 bits per heavy atom. The van der Waals surface area contributed by atoms with Gasteiger partial charge in [-0.1, -0.05) is 0 Å². The molecule has 1 atom stereocenters. The van der Waals surface area contributed by atoms with E-state index in [0.29, 0.717) is 24.3 Å². The van der Waals surface area contributed by atoms with E-state index < -0.39 is 23.3 Å². The number of aromatic nitrogens is 2. The second-order valence-corrected chi connectivity index (χ2v) is 8.78. The molecular formula is C25H27F3N4O3. The zero-order valence-electron chi connectivity index (χ0n) is 19.7. The molecule has 0 spiro atoms. The maximum absolute atomic E-state index is 13.9. The first-order valence-corrected chi connectivity index (χ1v) is 11.4. The number of fused-ring (bicyclic) bond motifs is 1. The molecule has 3 aromatic rings. The molecule has 1 unspecified atom stereocenters. The highest BCUT2D eigenvalue weighted by molar-refractivity contribution is 5.94. The minimum Gasteiger partial charge on any atom is -0.381 e. The second-order valence-electron chi connectivity index (χ2n) is 8.78. The van der Waals surface area contributed by atoms with E-state index in [9.17, 15) is 22.8 Å². The van der Waals surface area contributed by atoms with Crippen molar-refractivity contribution in [2.75, 3.05) is 25.5 Å². The van der Waals surface area contributed by atoms with Gasteiger partial charge in [0.1, 0.15) is 5.82 Å². The lowest BCUT2D eigenvalue weighted by Gasteiger charge is -2.31. The number of benzene rings is 2. The monoisotopic (exact) mass is 488 g/mol. The Bertz CT molecular complexity index is 1280. The van der Waals surface area contributed by atoms with Gasteiger partial charge in [0.2, 0.25) is 0 Å². The van der Waals surface area contributed by atoms with Crippen LogP contribution in [0.5, 0.6) is 0 Å². The molecule has 0 saturated carbocycles. The Kier molecular flexibility index (Phi) is 6.84. The SMILES string of the molecule is COC1CCN(C(=O)c2ccc(NC(C)c3cc4c(=O)[nH]c(C)nc4cc3C(F)(F)F)cc2)CC1. The molecule has 2 heterocycles. The molecule has 0 bridgehead atoms. The summed E-state index contributed by atoms with van der Waals surface area (Å²) in [5, 5.41) is 3.14. The first kappa shape index (κ1) is 24.7. The molecule has 0 aliphatic carbocycles. The molecular weight excluding hydrogens is 461 g/mol. The van der Waals surface area contributed by atoms with E-state index in [0.717, 1.165) is 18.9 Å². The average molecular weight is 489 g/mol. The Hall–Kier alpha value is -3.40. The minimum atomic E-state index is -4.62. The van der Waals surface area contributed by atoms with Gasteiger partial charge in [-0.05, 0) is 68.7 Å². The van der Waals surface area contributed by atoms with Crippen LogP contribution in [0.1, 0.15) is 53.1 Å². The summed E-state index contributed by atoms with van der Waals surface area (Å²) in [7, 11) is 1.67. The lowest BCUT2D eigenvalue weighted by molar-refractivity contribution is -0.138. The van der Waals surface area contributed by atoms with Gasteiger partial charge in [0.05, 0.1) is 22.6 Å². The quantitative estimate of drug-likeness (QED) is 0.545. The number of aryl methyl sites for hydroxylation is 1. The maximum Gasteiger partial charge on any atom is 0.416 e. The summed E-state index contributed by atoms with van der Waals surface area (Å²) < 4.78 is 46.9. The van der Waals surface area contributed by atoms with Crippen LogP contribution >= 0.6 is 0 Å². The zero-order valence-corrected chi connectivity index (χ0v) is 19.7. The molecule has 1 aliphatic rings. The number of nitrogens with zero attached hydrogens (tertiary/aromatic N) is 2. The molecule has 1 aliphatic heterocycles. The van der Waals surface area contributed by atoms with Crippen LogP contribution in [0.4, 0.5) is 18.9 Å². The molecule has 1 saturated heterocycles. The largest absolute Gasteiger partial charge is 0.416 e. The van der Waals surface area contributed by atoms with Gasteiger partial charge in [0.25, 0.3) is 11.5 Å². The summed E-state index contributed by atoms with van der Waals surface area (Å²) in [6.07, 6.45) is -2.89. The molecule has 186 valence electrons. The van der Waals surface area contributed by atoms with Gasteiger partial charge >= 0.3 is 6.18 Å². The number of carbonyl (C=O) groups is 1. The third kappa shape index (κ3) is 5.32. The summed E-state index contributed by atoms with van der Waals surface area (Å²) in [5.41, 5.74) is -0.361. The van der Waals surface area contributed by atoms with Crippen LogP contribution in [-0.2, 0) is 10.9 Å². The van der Waals surface area contributed by atoms with E-state index in [1.165, 1.54) is 13.0 Å². The number of nitrogens with one attached hydrogen (secondary N) is 2. The van der Waals surface area contributed by atoms with Crippen molar-refractivity contribution >= 4 is 22.5 Å². The summed E-state index contributed by atoms with van der Waals surface area (Å²) in [5.74, 6) is 0.155. The first-order valence-electron chi connectivity index (χ1n) is 11.4. The number of likely N-dealkylation sites (tertiary alicyclic amines) is 1. The standard InChI is InChI=1S/C25H27F3N4O3/c1-14(19-12-20-22(13-21(19)25(26,27)28)30-15(2)31-23(20)33)29-17-6-4-16(5-7-17)24(34)32-10-8-18(35-3)9-11-32/h4-7,12-14,18,29H,8-11H2,1-3H3,(H,30,31,33). The van der Waals surface area contributed by atoms with Gasteiger partial charge in [-0.3, -0.25) is 9.59 Å². The molecule has 2 aromatic carbocycles. The van der Waals surface area contributed by atoms with Crippen molar-refractivity contribution < 1.29 is 22.7 Å². The van der Waals surface area contributed by atoms with Crippen LogP contribution in [0, 0.1) is 6.92 Å². The van der Waals surface area contributed by atoms with Crippen molar-refractivity contribution in [1.29, 1.82) is 0 Å². The average Bonchev–Trinajstić information content (AvgIpc) is 2.82. The highest BCUT2D eigenvalue weighted by atomic mass is 19.4. The van der Waals surface area contributed by atoms with E-state index in [4.69, 9.17) is 4.74 Å². The van der Waals surface area contributed by atoms with Crippen LogP contribution < -0.4 is 10.9 Å². The number of aromatic amines is 1. The fourth-order valence-corrected chi connectivity index (χ4v) is 4.44. The van der Waals surface area contributed by atoms with Gasteiger partial charge < -0.3 is 19.9 Å². The van der Waals surface area contributed by atoms with Gasteiger partial charge in [0.15, 0.2) is 0 Å². The number of methoxy groups -OCH3 is 1. The third-order valence-corrected chi connectivity index (χ3v) is 6.34. The number of H-pyrrole nitrogens is 1. The maximum atomic E-state index is 13.9. The number of piperidine rings is 1. The summed E-state index contributed by atoms with van der Waals surface area (Å²) in [4.78, 5) is 33.5. The number of amides is 1. The third-order valence-electron chi connectivity index (χ3n) is 6.34. The Labute approximate surface area is 200 Å². The number of carbonyl (C=O) groups excluding carboxylic acids is 1. The molecule has 1 fully saturated rings. The molecule has 0 radical (unpaired) electrons. The number of rotatable bonds is 5. The molecule has 4 rings (SSSR count). The minimum absolute atomic E-state index is 0.00748. The fourth-order valence-electron chi connectivity index (χ4n) is 4.44. The lowest BCUT2D eigenvalue weighted by atomic mass is 9.98. The van der Waals surface area contributed by atoms with Crippen LogP contribution in [0.3, 0.4) is 0 Å². The highest BCUT2D eigenvalue weighted by Crippen LogP contribution is 2.37. The van der Waals surface area contributed by atoms with Crippen molar-refractivity contribution in [3.05, 3.63) is 69.3 Å². The van der Waals surface area contributed by atoms with Crippen molar-refractivity contribution in [3.8, 4) is 0 Å². The Balaban J connectivity index is 1.55. The zero-order chi connectivity index (χ0) is 25.3. The van der Waals surface area contributed by atoms with Crippen LogP contribution in [0.25, 0.3) is 10.9 Å². The van der Waals surface area contributed by atoms with Crippen LogP contribution in [0.15, 0.2) is 41.2 Å². The lowest BCUT2D eigenvalue weighted by Crippen LogP contribution is -2.40.